The van der Waals surface area contributed by atoms with Gasteiger partial charge in [-0.15, -0.1) is 5.92 Å². The molecular formula is C9H16O2. The Labute approximate surface area is 68.6 Å². The predicted molar refractivity (Wildman–Crippen MR) is 45.1 cm³/mol. The quantitative estimate of drug-likeness (QED) is 0.619. The first-order valence-corrected chi connectivity index (χ1v) is 3.76. The summed E-state index contributed by atoms with van der Waals surface area (Å²) in [4.78, 5) is 0. The Hall–Kier alpha value is -0.520. The van der Waals surface area contributed by atoms with Crippen molar-refractivity contribution in [3.05, 3.63) is 0 Å². The lowest BCUT2D eigenvalue weighted by Crippen LogP contribution is -2.31. The van der Waals surface area contributed by atoms with Crippen LogP contribution in [0.1, 0.15) is 20.8 Å². The summed E-state index contributed by atoms with van der Waals surface area (Å²) >= 11 is 0. The molecule has 2 heteroatoms. The van der Waals surface area contributed by atoms with Crippen molar-refractivity contribution >= 4 is 0 Å². The highest BCUT2D eigenvalue weighted by Crippen LogP contribution is 2.09. The second-order valence-corrected chi connectivity index (χ2v) is 2.78. The lowest BCUT2D eigenvalue weighted by molar-refractivity contribution is -0.0116. The van der Waals surface area contributed by atoms with Crippen LogP contribution in [0, 0.1) is 17.8 Å². The van der Waals surface area contributed by atoms with Crippen molar-refractivity contribution < 1.29 is 9.84 Å². The smallest absolute Gasteiger partial charge is 0.140 e. The van der Waals surface area contributed by atoms with Crippen LogP contribution in [0.4, 0.5) is 0 Å². The summed E-state index contributed by atoms with van der Waals surface area (Å²) < 4.78 is 5.07. The molecule has 0 fully saturated rings. The van der Waals surface area contributed by atoms with Gasteiger partial charge in [0.25, 0.3) is 0 Å². The van der Waals surface area contributed by atoms with Crippen LogP contribution in [0.3, 0.4) is 0 Å². The topological polar surface area (TPSA) is 29.5 Å². The van der Waals surface area contributed by atoms with Crippen molar-refractivity contribution in [1.82, 2.24) is 0 Å². The monoisotopic (exact) mass is 156 g/mol. The van der Waals surface area contributed by atoms with Crippen LogP contribution in [-0.4, -0.2) is 24.4 Å². The minimum atomic E-state index is -0.662. The molecule has 0 saturated carbocycles. The summed E-state index contributed by atoms with van der Waals surface area (Å²) in [7, 11) is 1.59. The van der Waals surface area contributed by atoms with Crippen molar-refractivity contribution in [3.8, 4) is 11.8 Å². The van der Waals surface area contributed by atoms with Crippen LogP contribution in [-0.2, 0) is 4.74 Å². The van der Waals surface area contributed by atoms with E-state index in [-0.39, 0.29) is 12.0 Å². The number of hydrogen-bond donors (Lipinski definition) is 1. The maximum Gasteiger partial charge on any atom is 0.140 e. The summed E-state index contributed by atoms with van der Waals surface area (Å²) in [6.45, 7) is 5.69. The van der Waals surface area contributed by atoms with Crippen LogP contribution in [0.15, 0.2) is 0 Å². The first-order chi connectivity index (χ1) is 5.13. The fourth-order valence-corrected chi connectivity index (χ4v) is 0.996. The Morgan fingerprint density at radius 1 is 1.36 bits per heavy atom. The van der Waals surface area contributed by atoms with Crippen molar-refractivity contribution in [2.45, 2.75) is 33.0 Å². The van der Waals surface area contributed by atoms with Gasteiger partial charge < -0.3 is 9.84 Å². The first-order valence-electron chi connectivity index (χ1n) is 3.76. The van der Waals surface area contributed by atoms with Crippen LogP contribution >= 0.6 is 0 Å². The second kappa shape index (κ2) is 5.17. The van der Waals surface area contributed by atoms with Gasteiger partial charge in [0, 0.05) is 7.11 Å². The Kier molecular flexibility index (Phi) is 4.93. The molecule has 0 rings (SSSR count). The van der Waals surface area contributed by atoms with Crippen LogP contribution in [0.25, 0.3) is 0 Å². The molecule has 0 spiro atoms. The van der Waals surface area contributed by atoms with Crippen molar-refractivity contribution in [3.63, 3.8) is 0 Å². The summed E-state index contributed by atoms with van der Waals surface area (Å²) in [6, 6.07) is 0. The van der Waals surface area contributed by atoms with Gasteiger partial charge in [0.15, 0.2) is 0 Å². The van der Waals surface area contributed by atoms with Gasteiger partial charge in [0.2, 0.25) is 0 Å². The van der Waals surface area contributed by atoms with E-state index in [1.807, 2.05) is 13.8 Å². The zero-order valence-electron chi connectivity index (χ0n) is 7.59. The molecule has 0 saturated heterocycles. The minimum Gasteiger partial charge on any atom is -0.378 e. The molecule has 0 amide bonds. The highest BCUT2D eigenvalue weighted by Gasteiger charge is 2.19. The van der Waals surface area contributed by atoms with E-state index >= 15 is 0 Å². The first kappa shape index (κ1) is 10.5. The van der Waals surface area contributed by atoms with Gasteiger partial charge in [0.1, 0.15) is 6.10 Å². The van der Waals surface area contributed by atoms with Gasteiger partial charge in [-0.25, -0.2) is 0 Å². The zero-order chi connectivity index (χ0) is 8.85. The average molecular weight is 156 g/mol. The average Bonchev–Trinajstić information content (AvgIpc) is 1.88. The summed E-state index contributed by atoms with van der Waals surface area (Å²) in [6.07, 6.45) is -0.840. The third-order valence-electron chi connectivity index (χ3n) is 1.53. The number of methoxy groups -OCH3 is 1. The van der Waals surface area contributed by atoms with Gasteiger partial charge in [-0.1, -0.05) is 19.8 Å². The highest BCUT2D eigenvalue weighted by molar-refractivity contribution is 5.05. The van der Waals surface area contributed by atoms with Gasteiger partial charge in [-0.3, -0.25) is 0 Å². The van der Waals surface area contributed by atoms with E-state index in [1.165, 1.54) is 0 Å². The van der Waals surface area contributed by atoms with E-state index in [4.69, 9.17) is 4.74 Å². The molecule has 2 unspecified atom stereocenters. The second-order valence-electron chi connectivity index (χ2n) is 2.78. The van der Waals surface area contributed by atoms with Crippen LogP contribution in [0.5, 0.6) is 0 Å². The Bertz CT molecular complexity index is 153. The normalized spacial score (nSPS) is 15.5. The molecule has 11 heavy (non-hydrogen) atoms. The van der Waals surface area contributed by atoms with Gasteiger partial charge in [-0.2, -0.15) is 0 Å². The summed E-state index contributed by atoms with van der Waals surface area (Å²) in [5.41, 5.74) is 0. The maximum atomic E-state index is 9.38. The molecule has 0 aliphatic rings. The number of aliphatic hydroxyl groups excluding tert-OH is 1. The van der Waals surface area contributed by atoms with Crippen LogP contribution < -0.4 is 0 Å². The molecule has 0 aromatic rings. The molecule has 2 nitrogen and oxygen atoms in total. The molecule has 0 aliphatic carbocycles. The zero-order valence-corrected chi connectivity index (χ0v) is 7.59. The molecule has 0 aliphatic heterocycles. The van der Waals surface area contributed by atoms with Gasteiger partial charge >= 0.3 is 0 Å². The molecule has 0 bridgehead atoms. The number of aliphatic hydroxyl groups is 1. The number of ether oxygens (including phenoxy) is 1. The van der Waals surface area contributed by atoms with E-state index in [0.29, 0.717) is 0 Å². The highest BCUT2D eigenvalue weighted by atomic mass is 16.5. The Morgan fingerprint density at radius 3 is 2.18 bits per heavy atom. The molecule has 2 atom stereocenters. The predicted octanol–water partition coefficient (Wildman–Crippen LogP) is 1.04. The summed E-state index contributed by atoms with van der Waals surface area (Å²) in [5.74, 6) is 5.60. The van der Waals surface area contributed by atoms with E-state index in [9.17, 15) is 5.11 Å². The fraction of sp³-hybridized carbons (Fsp3) is 0.778. The maximum absolute atomic E-state index is 9.38. The van der Waals surface area contributed by atoms with E-state index in [0.717, 1.165) is 0 Å². The molecule has 0 aromatic heterocycles. The fourth-order valence-electron chi connectivity index (χ4n) is 0.996. The molecular weight excluding hydrogens is 140 g/mol. The summed E-state index contributed by atoms with van der Waals surface area (Å²) in [5, 5.41) is 9.38. The molecule has 1 N–H and O–H groups in total. The third-order valence-corrected chi connectivity index (χ3v) is 1.53. The largest absolute Gasteiger partial charge is 0.378 e. The van der Waals surface area contributed by atoms with Gasteiger partial charge in [0.05, 0.1) is 6.10 Å². The van der Waals surface area contributed by atoms with Crippen molar-refractivity contribution in [2.24, 2.45) is 5.92 Å². The van der Waals surface area contributed by atoms with Crippen molar-refractivity contribution in [2.75, 3.05) is 7.11 Å². The number of hydrogen-bond acceptors (Lipinski definition) is 2. The van der Waals surface area contributed by atoms with Gasteiger partial charge in [-0.05, 0) is 12.8 Å². The van der Waals surface area contributed by atoms with E-state index < -0.39 is 6.10 Å². The Balaban J connectivity index is 4.09. The lowest BCUT2D eigenvalue weighted by Gasteiger charge is -2.20. The molecule has 0 radical (unpaired) electrons. The van der Waals surface area contributed by atoms with Crippen LogP contribution in [0.2, 0.25) is 0 Å². The third kappa shape index (κ3) is 3.41. The molecule has 0 heterocycles. The SMILES string of the molecule is CC#CC(O)C(OC)C(C)C. The molecule has 64 valence electrons. The lowest BCUT2D eigenvalue weighted by atomic mass is 10.0. The minimum absolute atomic E-state index is 0.178. The molecule has 0 aromatic carbocycles. The van der Waals surface area contributed by atoms with Crippen molar-refractivity contribution in [1.29, 1.82) is 0 Å². The number of rotatable bonds is 3. The standard InChI is InChI=1S/C9H16O2/c1-5-6-8(10)9(11-4)7(2)3/h7-10H,1-4H3. The van der Waals surface area contributed by atoms with E-state index in [1.54, 1.807) is 14.0 Å². The Morgan fingerprint density at radius 2 is 1.91 bits per heavy atom. The van der Waals surface area contributed by atoms with E-state index in [2.05, 4.69) is 11.8 Å².